The first kappa shape index (κ1) is 39.5. The van der Waals surface area contributed by atoms with Gasteiger partial charge in [-0.2, -0.15) is 0 Å². The Morgan fingerprint density at radius 3 is 2.00 bits per heavy atom. The number of para-hydroxylation sites is 1. The Bertz CT molecular complexity index is 2410. The smallest absolute Gasteiger partial charge is 0.0565 e. The summed E-state index contributed by atoms with van der Waals surface area (Å²) in [6, 6.07) is 53.7. The van der Waals surface area contributed by atoms with Gasteiger partial charge in [-0.3, -0.25) is 0 Å². The van der Waals surface area contributed by atoms with E-state index in [2.05, 4.69) is 219 Å². The predicted molar refractivity (Wildman–Crippen MR) is 249 cm³/mol. The number of hydrogen-bond donors (Lipinski definition) is 1. The van der Waals surface area contributed by atoms with E-state index in [-0.39, 0.29) is 0 Å². The summed E-state index contributed by atoms with van der Waals surface area (Å²) >= 11 is 0. The van der Waals surface area contributed by atoms with Crippen molar-refractivity contribution in [2.75, 3.05) is 10.2 Å². The lowest BCUT2D eigenvalue weighted by atomic mass is 9.97. The highest BCUT2D eigenvalue weighted by molar-refractivity contribution is 5.87. The van der Waals surface area contributed by atoms with E-state index in [1.165, 1.54) is 39.1 Å². The topological polar surface area (TPSA) is 15.3 Å². The number of aryl methyl sites for hydroxylation is 1. The minimum Gasteiger partial charge on any atom is -0.362 e. The molecule has 0 fully saturated rings. The molecule has 0 aliphatic heterocycles. The van der Waals surface area contributed by atoms with Crippen LogP contribution in [0.25, 0.3) is 39.5 Å². The van der Waals surface area contributed by atoms with Crippen LogP contribution in [0.5, 0.6) is 0 Å². The highest BCUT2D eigenvalue weighted by Gasteiger charge is 2.17. The number of nitrogens with zero attached hydrogens (tertiary/aromatic N) is 1. The van der Waals surface area contributed by atoms with E-state index in [9.17, 15) is 0 Å². The summed E-state index contributed by atoms with van der Waals surface area (Å²) in [5.74, 6) is 0. The van der Waals surface area contributed by atoms with Crippen molar-refractivity contribution in [2.24, 2.45) is 0 Å². The third kappa shape index (κ3) is 11.2. The standard InChI is InChI=1S/C55H50N2/c1-4-7-9-10-13-22-44(34-35-45-36-38-48(39-37-45)47-24-14-11-15-25-47)23-21-40-56-52-31-18-29-50(42-52)51-30-19-32-53(43-51)57(41-8-5-2)55-46(6-3)28-20-33-54(55)49-26-16-12-17-27-49/h4-5,7-21,23-43,56H,1-2,6,22H2,3H3/b9-7-,13-10-,35-34-,40-21+,41-8+,44-23-. The fourth-order valence-corrected chi connectivity index (χ4v) is 6.63. The summed E-state index contributed by atoms with van der Waals surface area (Å²) in [5.41, 5.74) is 14.0. The van der Waals surface area contributed by atoms with Crippen LogP contribution in [0, 0.1) is 0 Å². The predicted octanol–water partition coefficient (Wildman–Crippen LogP) is 15.3. The summed E-state index contributed by atoms with van der Waals surface area (Å²) in [7, 11) is 0. The molecular formula is C55H50N2. The van der Waals surface area contributed by atoms with Crippen LogP contribution in [-0.2, 0) is 6.42 Å². The van der Waals surface area contributed by atoms with E-state index < -0.39 is 0 Å². The molecule has 0 saturated heterocycles. The highest BCUT2D eigenvalue weighted by Crippen LogP contribution is 2.40. The second-order valence-electron chi connectivity index (χ2n) is 13.4. The molecule has 2 heteroatoms. The third-order valence-electron chi connectivity index (χ3n) is 9.53. The van der Waals surface area contributed by atoms with Crippen molar-refractivity contribution in [3.63, 3.8) is 0 Å². The fraction of sp³-hybridized carbons (Fsp3) is 0.0545. The largest absolute Gasteiger partial charge is 0.362 e. The van der Waals surface area contributed by atoms with Gasteiger partial charge in [-0.15, -0.1) is 0 Å². The lowest BCUT2D eigenvalue weighted by Gasteiger charge is -2.27. The van der Waals surface area contributed by atoms with Crippen molar-refractivity contribution >= 4 is 23.1 Å². The van der Waals surface area contributed by atoms with Crippen LogP contribution in [0.4, 0.5) is 17.1 Å². The molecule has 0 aliphatic carbocycles. The van der Waals surface area contributed by atoms with E-state index in [0.29, 0.717) is 0 Å². The van der Waals surface area contributed by atoms with Crippen LogP contribution in [-0.4, -0.2) is 0 Å². The van der Waals surface area contributed by atoms with E-state index in [0.717, 1.165) is 40.9 Å². The first-order valence-corrected chi connectivity index (χ1v) is 19.5. The van der Waals surface area contributed by atoms with E-state index >= 15 is 0 Å². The molecule has 0 aliphatic rings. The first-order valence-electron chi connectivity index (χ1n) is 19.5. The van der Waals surface area contributed by atoms with Crippen LogP contribution >= 0.6 is 0 Å². The Hall–Kier alpha value is -7.16. The normalized spacial score (nSPS) is 12.0. The molecule has 1 N–H and O–H groups in total. The van der Waals surface area contributed by atoms with Gasteiger partial charge in [-0.25, -0.2) is 0 Å². The zero-order valence-corrected chi connectivity index (χ0v) is 32.7. The van der Waals surface area contributed by atoms with E-state index in [1.807, 2.05) is 36.6 Å². The van der Waals surface area contributed by atoms with Crippen molar-refractivity contribution < 1.29 is 0 Å². The fourth-order valence-electron chi connectivity index (χ4n) is 6.63. The number of rotatable bonds is 17. The van der Waals surface area contributed by atoms with Crippen molar-refractivity contribution in [3.05, 3.63) is 255 Å². The van der Waals surface area contributed by atoms with Crippen LogP contribution in [0.1, 0.15) is 24.5 Å². The van der Waals surface area contributed by atoms with Gasteiger partial charge in [0.2, 0.25) is 0 Å². The molecule has 0 spiro atoms. The maximum Gasteiger partial charge on any atom is 0.0565 e. The first-order chi connectivity index (χ1) is 28.2. The van der Waals surface area contributed by atoms with Gasteiger partial charge in [0, 0.05) is 29.3 Å². The Labute approximate surface area is 339 Å². The third-order valence-corrected chi connectivity index (χ3v) is 9.53. The molecule has 0 saturated carbocycles. The molecule has 0 bridgehead atoms. The summed E-state index contributed by atoms with van der Waals surface area (Å²) in [4.78, 5) is 2.29. The average Bonchev–Trinajstić information content (AvgIpc) is 3.27. The van der Waals surface area contributed by atoms with Crippen molar-refractivity contribution in [1.29, 1.82) is 0 Å². The molecule has 6 aromatic rings. The Kier molecular flexibility index (Phi) is 14.6. The molecule has 6 aromatic carbocycles. The van der Waals surface area contributed by atoms with Crippen molar-refractivity contribution in [2.45, 2.75) is 19.8 Å². The second kappa shape index (κ2) is 21.1. The van der Waals surface area contributed by atoms with Crippen LogP contribution in [0.2, 0.25) is 0 Å². The second-order valence-corrected chi connectivity index (χ2v) is 13.4. The molecule has 57 heavy (non-hydrogen) atoms. The molecule has 0 atom stereocenters. The molecule has 0 radical (unpaired) electrons. The Morgan fingerprint density at radius 2 is 1.26 bits per heavy atom. The van der Waals surface area contributed by atoms with Gasteiger partial charge in [0.15, 0.2) is 0 Å². The summed E-state index contributed by atoms with van der Waals surface area (Å²) in [5, 5.41) is 3.50. The molecule has 0 unspecified atom stereocenters. The monoisotopic (exact) mass is 738 g/mol. The molecule has 0 heterocycles. The lowest BCUT2D eigenvalue weighted by molar-refractivity contribution is 1.11. The number of allylic oxidation sites excluding steroid dienone is 11. The molecule has 280 valence electrons. The van der Waals surface area contributed by atoms with Gasteiger partial charge in [-0.05, 0) is 93.8 Å². The zero-order chi connectivity index (χ0) is 39.5. The van der Waals surface area contributed by atoms with Crippen LogP contribution in [0.3, 0.4) is 0 Å². The SMILES string of the molecule is C=C/C=C\C=C/CC(/C=C\c1ccc(-c2ccccc2)cc1)=C/C=C/Nc1cccc(-c2cccc(N(/C=C/C=C)c3c(CC)cccc3-c3ccccc3)c2)c1. The summed E-state index contributed by atoms with van der Waals surface area (Å²) in [6.45, 7) is 9.95. The number of hydrogen-bond acceptors (Lipinski definition) is 2. The minimum absolute atomic E-state index is 0.796. The van der Waals surface area contributed by atoms with E-state index in [1.54, 1.807) is 6.08 Å². The molecule has 0 aromatic heterocycles. The highest BCUT2D eigenvalue weighted by atomic mass is 15.1. The van der Waals surface area contributed by atoms with Gasteiger partial charge in [0.1, 0.15) is 0 Å². The van der Waals surface area contributed by atoms with Gasteiger partial charge in [0.05, 0.1) is 5.69 Å². The van der Waals surface area contributed by atoms with Gasteiger partial charge in [-0.1, -0.05) is 202 Å². The van der Waals surface area contributed by atoms with Gasteiger partial charge < -0.3 is 10.2 Å². The Balaban J connectivity index is 1.22. The molecule has 6 rings (SSSR count). The van der Waals surface area contributed by atoms with Crippen molar-refractivity contribution in [3.8, 4) is 33.4 Å². The van der Waals surface area contributed by atoms with Gasteiger partial charge in [0.25, 0.3) is 0 Å². The van der Waals surface area contributed by atoms with Crippen molar-refractivity contribution in [1.82, 2.24) is 0 Å². The van der Waals surface area contributed by atoms with Gasteiger partial charge >= 0.3 is 0 Å². The summed E-state index contributed by atoms with van der Waals surface area (Å²) < 4.78 is 0. The zero-order valence-electron chi connectivity index (χ0n) is 32.7. The minimum atomic E-state index is 0.796. The van der Waals surface area contributed by atoms with Crippen LogP contribution in [0.15, 0.2) is 244 Å². The van der Waals surface area contributed by atoms with E-state index in [4.69, 9.17) is 0 Å². The average molecular weight is 739 g/mol. The maximum absolute atomic E-state index is 3.97. The maximum atomic E-state index is 3.97. The molecule has 2 nitrogen and oxygen atoms in total. The Morgan fingerprint density at radius 1 is 0.596 bits per heavy atom. The summed E-state index contributed by atoms with van der Waals surface area (Å²) in [6.07, 6.45) is 28.1. The molecular weight excluding hydrogens is 689 g/mol. The lowest BCUT2D eigenvalue weighted by Crippen LogP contribution is -2.12. The van der Waals surface area contributed by atoms with Crippen LogP contribution < -0.4 is 10.2 Å². The quantitative estimate of drug-likeness (QED) is 0.0938. The number of benzene rings is 6. The molecule has 0 amide bonds. The number of anilines is 3. The number of nitrogens with one attached hydrogen (secondary N) is 1.